The molecule has 32 heavy (non-hydrogen) atoms. The number of benzene rings is 1. The van der Waals surface area contributed by atoms with Gasteiger partial charge < -0.3 is 9.88 Å². The van der Waals surface area contributed by atoms with Crippen molar-refractivity contribution in [3.8, 4) is 0 Å². The summed E-state index contributed by atoms with van der Waals surface area (Å²) in [6.07, 6.45) is 2.48. The molecule has 3 aromatic rings. The van der Waals surface area contributed by atoms with E-state index in [4.69, 9.17) is 0 Å². The van der Waals surface area contributed by atoms with E-state index < -0.39 is 0 Å². The number of pyridine rings is 1. The van der Waals surface area contributed by atoms with Crippen LogP contribution >= 0.6 is 0 Å². The van der Waals surface area contributed by atoms with Gasteiger partial charge in [0.05, 0.1) is 6.04 Å². The Morgan fingerprint density at radius 1 is 1.09 bits per heavy atom. The second kappa shape index (κ2) is 9.61. The van der Waals surface area contributed by atoms with E-state index in [1.807, 2.05) is 6.07 Å². The van der Waals surface area contributed by atoms with Gasteiger partial charge in [-0.25, -0.2) is 0 Å². The van der Waals surface area contributed by atoms with Crippen molar-refractivity contribution in [2.75, 3.05) is 13.1 Å². The Morgan fingerprint density at radius 3 is 2.69 bits per heavy atom. The zero-order chi connectivity index (χ0) is 22.7. The standard InChI is InChI=1S/C25H32N6O/c1-17(2)23(27-25(32)21-7-5-6-11-26-21)24-29-28-22-10-12-30(13-14-31(22)24)16-20-15-18(3)8-9-19(20)4/h5-9,11,15,17,23H,10,12-14,16H2,1-4H3,(H,27,32)/t23-/m1/s1. The molecule has 1 aromatic carbocycles. The van der Waals surface area contributed by atoms with Gasteiger partial charge in [0.15, 0.2) is 5.82 Å². The first-order valence-electron chi connectivity index (χ1n) is 11.3. The minimum absolute atomic E-state index is 0.172. The Morgan fingerprint density at radius 2 is 1.94 bits per heavy atom. The van der Waals surface area contributed by atoms with Crippen LogP contribution in [0.5, 0.6) is 0 Å². The van der Waals surface area contributed by atoms with Gasteiger partial charge in [0.1, 0.15) is 11.5 Å². The van der Waals surface area contributed by atoms with E-state index >= 15 is 0 Å². The zero-order valence-electron chi connectivity index (χ0n) is 19.4. The largest absolute Gasteiger partial charge is 0.340 e. The number of fused-ring (bicyclic) bond motifs is 1. The van der Waals surface area contributed by atoms with Gasteiger partial charge in [-0.15, -0.1) is 10.2 Å². The molecule has 0 spiro atoms. The highest BCUT2D eigenvalue weighted by molar-refractivity contribution is 5.92. The van der Waals surface area contributed by atoms with Crippen molar-refractivity contribution in [1.82, 2.24) is 30.0 Å². The van der Waals surface area contributed by atoms with Gasteiger partial charge in [0, 0.05) is 38.8 Å². The normalized spacial score (nSPS) is 15.3. The summed E-state index contributed by atoms with van der Waals surface area (Å²) in [6, 6.07) is 11.8. The van der Waals surface area contributed by atoms with Crippen molar-refractivity contribution in [3.05, 3.63) is 76.6 Å². The molecule has 2 aromatic heterocycles. The summed E-state index contributed by atoms with van der Waals surface area (Å²) in [5.41, 5.74) is 4.42. The molecule has 1 atom stereocenters. The number of nitrogens with one attached hydrogen (secondary N) is 1. The summed E-state index contributed by atoms with van der Waals surface area (Å²) in [4.78, 5) is 19.4. The molecule has 0 bridgehead atoms. The van der Waals surface area contributed by atoms with Crippen LogP contribution in [0.1, 0.15) is 58.7 Å². The van der Waals surface area contributed by atoms with Crippen molar-refractivity contribution in [3.63, 3.8) is 0 Å². The van der Waals surface area contributed by atoms with E-state index in [9.17, 15) is 4.79 Å². The first kappa shape index (κ1) is 22.1. The quantitative estimate of drug-likeness (QED) is 0.645. The number of carbonyl (C=O) groups is 1. The first-order valence-corrected chi connectivity index (χ1v) is 11.3. The lowest BCUT2D eigenvalue weighted by Gasteiger charge is -2.23. The average Bonchev–Trinajstić information content (AvgIpc) is 3.08. The van der Waals surface area contributed by atoms with E-state index in [-0.39, 0.29) is 17.9 Å². The van der Waals surface area contributed by atoms with Crippen molar-refractivity contribution in [2.45, 2.75) is 53.2 Å². The first-order chi connectivity index (χ1) is 15.4. The second-order valence-electron chi connectivity index (χ2n) is 8.99. The van der Waals surface area contributed by atoms with Gasteiger partial charge in [-0.05, 0) is 43.0 Å². The lowest BCUT2D eigenvalue weighted by atomic mass is 10.0. The van der Waals surface area contributed by atoms with Crippen LogP contribution < -0.4 is 5.32 Å². The minimum atomic E-state index is -0.226. The maximum absolute atomic E-state index is 12.8. The van der Waals surface area contributed by atoms with Crippen LogP contribution in [0.25, 0.3) is 0 Å². The number of aromatic nitrogens is 4. The van der Waals surface area contributed by atoms with Gasteiger partial charge in [-0.2, -0.15) is 0 Å². The molecule has 1 aliphatic heterocycles. The summed E-state index contributed by atoms with van der Waals surface area (Å²) in [6.45, 7) is 12.1. The van der Waals surface area contributed by atoms with Crippen LogP contribution in [0.2, 0.25) is 0 Å². The Kier molecular flexibility index (Phi) is 6.65. The molecule has 7 nitrogen and oxygen atoms in total. The lowest BCUT2D eigenvalue weighted by molar-refractivity contribution is 0.0916. The highest BCUT2D eigenvalue weighted by Gasteiger charge is 2.28. The summed E-state index contributed by atoms with van der Waals surface area (Å²) in [5.74, 6) is 1.80. The third-order valence-electron chi connectivity index (χ3n) is 6.18. The summed E-state index contributed by atoms with van der Waals surface area (Å²) in [7, 11) is 0. The number of aryl methyl sites for hydroxylation is 2. The fourth-order valence-corrected chi connectivity index (χ4v) is 4.23. The summed E-state index contributed by atoms with van der Waals surface area (Å²) < 4.78 is 2.20. The highest BCUT2D eigenvalue weighted by Crippen LogP contribution is 2.23. The fourth-order valence-electron chi connectivity index (χ4n) is 4.23. The lowest BCUT2D eigenvalue weighted by Crippen LogP contribution is -2.34. The van der Waals surface area contributed by atoms with E-state index in [1.54, 1.807) is 18.3 Å². The fraction of sp³-hybridized carbons (Fsp3) is 0.440. The molecule has 0 fully saturated rings. The monoisotopic (exact) mass is 432 g/mol. The van der Waals surface area contributed by atoms with Crippen molar-refractivity contribution in [2.24, 2.45) is 5.92 Å². The minimum Gasteiger partial charge on any atom is -0.340 e. The van der Waals surface area contributed by atoms with E-state index in [0.717, 1.165) is 44.2 Å². The molecule has 4 rings (SSSR count). The SMILES string of the molecule is Cc1ccc(C)c(CN2CCc3nnc([C@H](NC(=O)c4ccccn4)C(C)C)n3CC2)c1. The predicted molar refractivity (Wildman–Crippen MR) is 124 cm³/mol. The molecule has 0 radical (unpaired) electrons. The van der Waals surface area contributed by atoms with Gasteiger partial charge in [0.25, 0.3) is 5.91 Å². The predicted octanol–water partition coefficient (Wildman–Crippen LogP) is 3.48. The zero-order valence-corrected chi connectivity index (χ0v) is 19.4. The third-order valence-corrected chi connectivity index (χ3v) is 6.18. The van der Waals surface area contributed by atoms with E-state index in [1.165, 1.54) is 16.7 Å². The molecule has 168 valence electrons. The number of amides is 1. The molecule has 1 aliphatic rings. The second-order valence-corrected chi connectivity index (χ2v) is 8.99. The van der Waals surface area contributed by atoms with Crippen LogP contribution in [0, 0.1) is 19.8 Å². The number of rotatable bonds is 6. The van der Waals surface area contributed by atoms with Gasteiger partial charge in [-0.1, -0.05) is 43.7 Å². The van der Waals surface area contributed by atoms with Crippen LogP contribution in [0.15, 0.2) is 42.6 Å². The molecular formula is C25H32N6O. The number of carbonyl (C=O) groups excluding carboxylic acids is 1. The molecule has 1 amide bonds. The number of hydrogen-bond donors (Lipinski definition) is 1. The molecule has 1 N–H and O–H groups in total. The Labute approximate surface area is 189 Å². The van der Waals surface area contributed by atoms with Crippen LogP contribution in [0.4, 0.5) is 0 Å². The molecule has 0 unspecified atom stereocenters. The average molecular weight is 433 g/mol. The molecular weight excluding hydrogens is 400 g/mol. The third kappa shape index (κ3) is 4.88. The number of hydrogen-bond acceptors (Lipinski definition) is 5. The van der Waals surface area contributed by atoms with Crippen molar-refractivity contribution >= 4 is 5.91 Å². The van der Waals surface area contributed by atoms with Crippen molar-refractivity contribution in [1.29, 1.82) is 0 Å². The number of nitrogens with zero attached hydrogens (tertiary/aromatic N) is 5. The highest BCUT2D eigenvalue weighted by atomic mass is 16.2. The molecule has 0 aliphatic carbocycles. The van der Waals surface area contributed by atoms with Crippen LogP contribution in [-0.4, -0.2) is 43.6 Å². The van der Waals surface area contributed by atoms with Gasteiger partial charge >= 0.3 is 0 Å². The van der Waals surface area contributed by atoms with E-state index in [0.29, 0.717) is 5.69 Å². The molecule has 0 saturated heterocycles. The van der Waals surface area contributed by atoms with Crippen LogP contribution in [-0.2, 0) is 19.5 Å². The van der Waals surface area contributed by atoms with E-state index in [2.05, 4.69) is 75.9 Å². The Bertz CT molecular complexity index is 1080. The summed E-state index contributed by atoms with van der Waals surface area (Å²) >= 11 is 0. The molecule has 3 heterocycles. The Hall–Kier alpha value is -3.06. The van der Waals surface area contributed by atoms with Crippen molar-refractivity contribution < 1.29 is 4.79 Å². The van der Waals surface area contributed by atoms with Gasteiger partial charge in [-0.3, -0.25) is 14.7 Å². The topological polar surface area (TPSA) is 75.9 Å². The maximum atomic E-state index is 12.8. The van der Waals surface area contributed by atoms with Gasteiger partial charge in [0.2, 0.25) is 0 Å². The molecule has 0 saturated carbocycles. The summed E-state index contributed by atoms with van der Waals surface area (Å²) in [5, 5.41) is 12.1. The molecule has 7 heteroatoms. The van der Waals surface area contributed by atoms with Crippen LogP contribution in [0.3, 0.4) is 0 Å². The Balaban J connectivity index is 1.50. The maximum Gasteiger partial charge on any atom is 0.270 e. The smallest absolute Gasteiger partial charge is 0.270 e.